The van der Waals surface area contributed by atoms with Crippen LogP contribution < -0.4 is 0 Å². The van der Waals surface area contributed by atoms with Crippen molar-refractivity contribution in [2.24, 2.45) is 0 Å². The first-order chi connectivity index (χ1) is 9.18. The van der Waals surface area contributed by atoms with Crippen LogP contribution in [0.1, 0.15) is 0 Å². The van der Waals surface area contributed by atoms with E-state index in [1.165, 1.54) is 0 Å². The Morgan fingerprint density at radius 1 is 1.05 bits per heavy atom. The van der Waals surface area contributed by atoms with Crippen molar-refractivity contribution in [3.63, 3.8) is 0 Å². The fourth-order valence-electron chi connectivity index (χ4n) is 2.44. The summed E-state index contributed by atoms with van der Waals surface area (Å²) in [5.41, 5.74) is 2.02. The van der Waals surface area contributed by atoms with Gasteiger partial charge in [0.25, 0.3) is 0 Å². The van der Waals surface area contributed by atoms with Crippen molar-refractivity contribution in [3.8, 4) is 0 Å². The number of carboxylic acid groups (broad SMARTS) is 1. The summed E-state index contributed by atoms with van der Waals surface area (Å²) in [5, 5.41) is 10.3. The van der Waals surface area contributed by atoms with Crippen molar-refractivity contribution in [3.05, 3.63) is 48.5 Å². The van der Waals surface area contributed by atoms with Crippen LogP contribution in [0.3, 0.4) is 0 Å². The topological polar surface area (TPSA) is 42.2 Å². The predicted molar refractivity (Wildman–Crippen MR) is 76.7 cm³/mol. The van der Waals surface area contributed by atoms with Gasteiger partial charge in [-0.2, -0.15) is 0 Å². The monoisotopic (exact) mass is 273 g/mol. The molecule has 4 heteroatoms. The number of benzene rings is 2. The van der Waals surface area contributed by atoms with Gasteiger partial charge >= 0.3 is 5.97 Å². The molecule has 1 unspecified atom stereocenters. The predicted octanol–water partition coefficient (Wildman–Crippen LogP) is 3.49. The van der Waals surface area contributed by atoms with Gasteiger partial charge in [-0.15, -0.1) is 11.6 Å². The van der Waals surface area contributed by atoms with Crippen LogP contribution in [0, 0.1) is 0 Å². The lowest BCUT2D eigenvalue weighted by atomic mass is 10.2. The standard InChI is InChI=1S/C15H12ClNO2/c16-12(15(18)19)9-17-13-7-3-1-5-10(13)11-6-2-4-8-14(11)17/h1-8,12H,9H2,(H,18,19). The molecule has 19 heavy (non-hydrogen) atoms. The third kappa shape index (κ3) is 1.96. The highest BCUT2D eigenvalue weighted by atomic mass is 35.5. The number of carbonyl (C=O) groups is 1. The molecule has 0 saturated carbocycles. The van der Waals surface area contributed by atoms with E-state index in [9.17, 15) is 4.79 Å². The zero-order chi connectivity index (χ0) is 13.4. The van der Waals surface area contributed by atoms with Crippen LogP contribution in [0.25, 0.3) is 21.8 Å². The van der Waals surface area contributed by atoms with Crippen molar-refractivity contribution in [2.45, 2.75) is 11.9 Å². The second-order valence-electron chi connectivity index (χ2n) is 4.45. The van der Waals surface area contributed by atoms with Crippen molar-refractivity contribution in [1.82, 2.24) is 4.57 Å². The first-order valence-corrected chi connectivity index (χ1v) is 6.45. The summed E-state index contributed by atoms with van der Waals surface area (Å²) in [6, 6.07) is 15.9. The minimum absolute atomic E-state index is 0.255. The van der Waals surface area contributed by atoms with Gasteiger partial charge < -0.3 is 9.67 Å². The van der Waals surface area contributed by atoms with Crippen LogP contribution in [0.5, 0.6) is 0 Å². The quantitative estimate of drug-likeness (QED) is 0.742. The van der Waals surface area contributed by atoms with Crippen molar-refractivity contribution < 1.29 is 9.90 Å². The Bertz CT molecular complexity index is 710. The summed E-state index contributed by atoms with van der Waals surface area (Å²) in [5.74, 6) is -0.997. The Morgan fingerprint density at radius 3 is 2.00 bits per heavy atom. The van der Waals surface area contributed by atoms with E-state index in [2.05, 4.69) is 0 Å². The van der Waals surface area contributed by atoms with Gasteiger partial charge in [0.2, 0.25) is 0 Å². The summed E-state index contributed by atoms with van der Waals surface area (Å²) < 4.78 is 1.97. The first-order valence-electron chi connectivity index (χ1n) is 6.01. The van der Waals surface area contributed by atoms with Crippen molar-refractivity contribution in [1.29, 1.82) is 0 Å². The fourth-order valence-corrected chi connectivity index (χ4v) is 2.58. The summed E-state index contributed by atoms with van der Waals surface area (Å²) in [6.07, 6.45) is 0. The maximum Gasteiger partial charge on any atom is 0.323 e. The number of halogens is 1. The van der Waals surface area contributed by atoms with E-state index in [4.69, 9.17) is 16.7 Å². The average Bonchev–Trinajstić information content (AvgIpc) is 2.74. The minimum atomic E-state index is -0.997. The van der Waals surface area contributed by atoms with Gasteiger partial charge in [-0.1, -0.05) is 36.4 Å². The van der Waals surface area contributed by atoms with Crippen LogP contribution in [0.15, 0.2) is 48.5 Å². The van der Waals surface area contributed by atoms with Crippen LogP contribution >= 0.6 is 11.6 Å². The Hall–Kier alpha value is -2.00. The molecule has 1 N–H and O–H groups in total. The van der Waals surface area contributed by atoms with Gasteiger partial charge in [-0.25, -0.2) is 0 Å². The van der Waals surface area contributed by atoms with Gasteiger partial charge in [0, 0.05) is 21.8 Å². The van der Waals surface area contributed by atoms with E-state index in [-0.39, 0.29) is 6.54 Å². The number of aromatic nitrogens is 1. The highest BCUT2D eigenvalue weighted by Crippen LogP contribution is 2.29. The Morgan fingerprint density at radius 2 is 1.53 bits per heavy atom. The Balaban J connectivity index is 2.27. The smallest absolute Gasteiger partial charge is 0.323 e. The number of carboxylic acids is 1. The normalized spacial score (nSPS) is 12.9. The average molecular weight is 274 g/mol. The van der Waals surface area contributed by atoms with E-state index in [0.29, 0.717) is 0 Å². The van der Waals surface area contributed by atoms with Gasteiger partial charge in [0.05, 0.1) is 6.54 Å². The highest BCUT2D eigenvalue weighted by Gasteiger charge is 2.17. The first kappa shape index (κ1) is 12.1. The highest BCUT2D eigenvalue weighted by molar-refractivity contribution is 6.29. The maximum atomic E-state index is 11.0. The Labute approximate surface area is 115 Å². The number of para-hydroxylation sites is 2. The third-order valence-electron chi connectivity index (χ3n) is 3.29. The number of aliphatic carboxylic acids is 1. The summed E-state index contributed by atoms with van der Waals surface area (Å²) in [4.78, 5) is 11.0. The molecule has 3 nitrogen and oxygen atoms in total. The zero-order valence-corrected chi connectivity index (χ0v) is 10.8. The molecule has 1 aromatic heterocycles. The molecule has 0 aliphatic heterocycles. The Kier molecular flexibility index (Phi) is 2.91. The molecule has 1 atom stereocenters. The SMILES string of the molecule is O=C(O)C(Cl)Cn1c2ccccc2c2ccccc21. The lowest BCUT2D eigenvalue weighted by Gasteiger charge is -2.09. The number of fused-ring (bicyclic) bond motifs is 3. The second kappa shape index (κ2) is 4.59. The van der Waals surface area contributed by atoms with Crippen LogP contribution in [0.2, 0.25) is 0 Å². The van der Waals surface area contributed by atoms with Crippen LogP contribution in [-0.4, -0.2) is 21.0 Å². The molecule has 2 aromatic carbocycles. The third-order valence-corrected chi connectivity index (χ3v) is 3.62. The van der Waals surface area contributed by atoms with Gasteiger partial charge in [0.1, 0.15) is 5.38 Å². The number of hydrogen-bond donors (Lipinski definition) is 1. The molecular weight excluding hydrogens is 262 g/mol. The lowest BCUT2D eigenvalue weighted by molar-refractivity contribution is -0.136. The van der Waals surface area contributed by atoms with E-state index in [1.807, 2.05) is 53.1 Å². The molecular formula is C15H12ClNO2. The number of alkyl halides is 1. The van der Waals surface area contributed by atoms with E-state index in [0.717, 1.165) is 21.8 Å². The van der Waals surface area contributed by atoms with E-state index < -0.39 is 11.3 Å². The number of nitrogens with zero attached hydrogens (tertiary/aromatic N) is 1. The lowest BCUT2D eigenvalue weighted by Crippen LogP contribution is -2.19. The molecule has 0 radical (unpaired) electrons. The number of rotatable bonds is 3. The molecule has 0 aliphatic carbocycles. The molecule has 0 saturated heterocycles. The molecule has 1 heterocycles. The molecule has 0 fully saturated rings. The van der Waals surface area contributed by atoms with E-state index in [1.54, 1.807) is 0 Å². The molecule has 0 bridgehead atoms. The van der Waals surface area contributed by atoms with Gasteiger partial charge in [-0.05, 0) is 12.1 Å². The molecule has 3 aromatic rings. The van der Waals surface area contributed by atoms with Crippen molar-refractivity contribution in [2.75, 3.05) is 0 Å². The van der Waals surface area contributed by atoms with E-state index >= 15 is 0 Å². The molecule has 0 aliphatic rings. The fraction of sp³-hybridized carbons (Fsp3) is 0.133. The summed E-state index contributed by atoms with van der Waals surface area (Å²) >= 11 is 5.89. The molecule has 0 spiro atoms. The summed E-state index contributed by atoms with van der Waals surface area (Å²) in [7, 11) is 0. The number of hydrogen-bond acceptors (Lipinski definition) is 1. The van der Waals surface area contributed by atoms with Gasteiger partial charge in [-0.3, -0.25) is 4.79 Å². The second-order valence-corrected chi connectivity index (χ2v) is 4.98. The zero-order valence-electron chi connectivity index (χ0n) is 10.1. The summed E-state index contributed by atoms with van der Waals surface area (Å²) in [6.45, 7) is 0.255. The molecule has 0 amide bonds. The minimum Gasteiger partial charge on any atom is -0.480 e. The molecule has 3 rings (SSSR count). The van der Waals surface area contributed by atoms with Gasteiger partial charge in [0.15, 0.2) is 0 Å². The molecule has 96 valence electrons. The maximum absolute atomic E-state index is 11.0. The van der Waals surface area contributed by atoms with Crippen LogP contribution in [-0.2, 0) is 11.3 Å². The largest absolute Gasteiger partial charge is 0.480 e. The van der Waals surface area contributed by atoms with Crippen molar-refractivity contribution >= 4 is 39.4 Å². The van der Waals surface area contributed by atoms with Crippen LogP contribution in [0.4, 0.5) is 0 Å².